The number of morpholine rings is 1. The summed E-state index contributed by atoms with van der Waals surface area (Å²) in [5, 5.41) is 9.26. The number of ether oxygens (including phenoxy) is 1. The lowest BCUT2D eigenvalue weighted by molar-refractivity contribution is 0.0420. The molecule has 3 heterocycles. The lowest BCUT2D eigenvalue weighted by Crippen LogP contribution is -2.46. The van der Waals surface area contributed by atoms with Gasteiger partial charge in [0.1, 0.15) is 0 Å². The zero-order valence-electron chi connectivity index (χ0n) is 14.6. The molecule has 0 spiro atoms. The van der Waals surface area contributed by atoms with Crippen molar-refractivity contribution >= 4 is 16.7 Å². The zero-order valence-corrected chi connectivity index (χ0v) is 14.6. The lowest BCUT2D eigenvalue weighted by atomic mass is 10.2. The highest BCUT2D eigenvalue weighted by atomic mass is 16.5. The van der Waals surface area contributed by atoms with Gasteiger partial charge in [-0.3, -0.25) is 4.98 Å². The van der Waals surface area contributed by atoms with Crippen molar-refractivity contribution in [1.82, 2.24) is 20.1 Å². The number of hydrogen-bond donors (Lipinski definition) is 1. The minimum Gasteiger partial charge on any atom is -0.373 e. The summed E-state index contributed by atoms with van der Waals surface area (Å²) in [6, 6.07) is 10.5. The van der Waals surface area contributed by atoms with Gasteiger partial charge in [-0.05, 0) is 32.2 Å². The first-order chi connectivity index (χ1) is 12.3. The van der Waals surface area contributed by atoms with Crippen LogP contribution in [-0.2, 0) is 4.74 Å². The van der Waals surface area contributed by atoms with Crippen molar-refractivity contribution in [3.8, 4) is 5.69 Å². The fourth-order valence-electron chi connectivity index (χ4n) is 3.33. The molecule has 1 unspecified atom stereocenters. The average Bonchev–Trinajstić information content (AvgIpc) is 3.03. The number of nitrogens with one attached hydrogen (secondary N) is 1. The van der Waals surface area contributed by atoms with Crippen LogP contribution in [0.3, 0.4) is 0 Å². The average molecular weight is 337 g/mol. The van der Waals surface area contributed by atoms with Gasteiger partial charge in [0.15, 0.2) is 5.82 Å². The van der Waals surface area contributed by atoms with E-state index >= 15 is 0 Å². The van der Waals surface area contributed by atoms with E-state index in [2.05, 4.69) is 46.4 Å². The predicted octanol–water partition coefficient (Wildman–Crippen LogP) is 2.15. The Balaban J connectivity index is 1.76. The molecule has 3 aromatic rings. The molecule has 6 heteroatoms. The first-order valence-corrected chi connectivity index (χ1v) is 8.67. The van der Waals surface area contributed by atoms with Crippen molar-refractivity contribution in [2.45, 2.75) is 13.0 Å². The molecule has 1 aromatic carbocycles. The molecular formula is C19H23N5O. The van der Waals surface area contributed by atoms with Gasteiger partial charge in [0.2, 0.25) is 0 Å². The molecule has 0 radical (unpaired) electrons. The van der Waals surface area contributed by atoms with Crippen molar-refractivity contribution in [2.75, 3.05) is 38.2 Å². The van der Waals surface area contributed by atoms with E-state index in [0.717, 1.165) is 48.6 Å². The third-order valence-corrected chi connectivity index (χ3v) is 4.61. The van der Waals surface area contributed by atoms with Crippen molar-refractivity contribution in [1.29, 1.82) is 0 Å². The molecule has 25 heavy (non-hydrogen) atoms. The van der Waals surface area contributed by atoms with Crippen LogP contribution < -0.4 is 10.2 Å². The number of benzene rings is 1. The number of aryl methyl sites for hydroxylation is 1. The van der Waals surface area contributed by atoms with Crippen LogP contribution in [-0.4, -0.2) is 54.2 Å². The molecule has 1 aliphatic rings. The van der Waals surface area contributed by atoms with E-state index in [0.29, 0.717) is 0 Å². The molecule has 6 nitrogen and oxygen atoms in total. The highest BCUT2D eigenvalue weighted by Gasteiger charge is 2.24. The fraction of sp³-hybridized carbons (Fsp3) is 0.368. The molecule has 1 fully saturated rings. The molecule has 0 bridgehead atoms. The molecule has 0 saturated carbocycles. The maximum atomic E-state index is 5.84. The fourth-order valence-corrected chi connectivity index (χ4v) is 3.33. The van der Waals surface area contributed by atoms with Crippen LogP contribution >= 0.6 is 0 Å². The number of fused-ring (bicyclic) bond motifs is 1. The smallest absolute Gasteiger partial charge is 0.159 e. The van der Waals surface area contributed by atoms with Gasteiger partial charge in [-0.2, -0.15) is 0 Å². The predicted molar refractivity (Wildman–Crippen MR) is 99.5 cm³/mol. The van der Waals surface area contributed by atoms with Gasteiger partial charge in [-0.25, -0.2) is 4.68 Å². The van der Waals surface area contributed by atoms with E-state index in [1.165, 1.54) is 5.56 Å². The standard InChI is InChI=1S/C19H23N5O/c1-14-3-5-15(6-4-14)24-18-12-21-8-7-17(18)19(22-24)23-9-10-25-16(13-23)11-20-2/h3-8,12,16,20H,9-11,13H2,1-2H3. The lowest BCUT2D eigenvalue weighted by Gasteiger charge is -2.33. The summed E-state index contributed by atoms with van der Waals surface area (Å²) in [4.78, 5) is 6.62. The molecule has 4 rings (SSSR count). The summed E-state index contributed by atoms with van der Waals surface area (Å²) in [7, 11) is 1.95. The number of anilines is 1. The van der Waals surface area contributed by atoms with E-state index in [1.54, 1.807) is 0 Å². The minimum absolute atomic E-state index is 0.181. The number of likely N-dealkylation sites (N-methyl/N-ethyl adjacent to an activating group) is 1. The Kier molecular flexibility index (Phi) is 4.38. The molecule has 1 N–H and O–H groups in total. The van der Waals surface area contributed by atoms with Crippen LogP contribution in [0.4, 0.5) is 5.82 Å². The first kappa shape index (κ1) is 16.1. The molecule has 2 aromatic heterocycles. The summed E-state index contributed by atoms with van der Waals surface area (Å²) in [6.45, 7) is 5.34. The number of aromatic nitrogens is 3. The van der Waals surface area contributed by atoms with Gasteiger partial charge >= 0.3 is 0 Å². The number of rotatable bonds is 4. The first-order valence-electron chi connectivity index (χ1n) is 8.67. The van der Waals surface area contributed by atoms with Crippen LogP contribution in [0.5, 0.6) is 0 Å². The van der Waals surface area contributed by atoms with Crippen LogP contribution in [0.1, 0.15) is 5.56 Å². The van der Waals surface area contributed by atoms with Gasteiger partial charge in [0.25, 0.3) is 0 Å². The van der Waals surface area contributed by atoms with Crippen LogP contribution in [0.15, 0.2) is 42.7 Å². The van der Waals surface area contributed by atoms with Crippen molar-refractivity contribution < 1.29 is 4.74 Å². The molecule has 0 amide bonds. The zero-order chi connectivity index (χ0) is 17.2. The second kappa shape index (κ2) is 6.82. The topological polar surface area (TPSA) is 55.2 Å². The van der Waals surface area contributed by atoms with Crippen molar-refractivity contribution in [3.63, 3.8) is 0 Å². The Morgan fingerprint density at radius 1 is 1.24 bits per heavy atom. The molecule has 1 atom stereocenters. The Bertz CT molecular complexity index is 856. The number of pyridine rings is 1. The second-order valence-corrected chi connectivity index (χ2v) is 6.46. The molecule has 130 valence electrons. The molecule has 0 aliphatic carbocycles. The van der Waals surface area contributed by atoms with E-state index in [1.807, 2.05) is 30.2 Å². The summed E-state index contributed by atoms with van der Waals surface area (Å²) in [5.74, 6) is 1.00. The summed E-state index contributed by atoms with van der Waals surface area (Å²) < 4.78 is 7.82. The Morgan fingerprint density at radius 3 is 2.88 bits per heavy atom. The van der Waals surface area contributed by atoms with E-state index in [4.69, 9.17) is 9.84 Å². The Hall–Kier alpha value is -2.44. The van der Waals surface area contributed by atoms with Gasteiger partial charge < -0.3 is 15.0 Å². The van der Waals surface area contributed by atoms with Gasteiger partial charge in [0, 0.05) is 31.2 Å². The maximum Gasteiger partial charge on any atom is 0.159 e. The van der Waals surface area contributed by atoms with Crippen LogP contribution in [0, 0.1) is 6.92 Å². The monoisotopic (exact) mass is 337 g/mol. The minimum atomic E-state index is 0.181. The molecule has 1 saturated heterocycles. The quantitative estimate of drug-likeness (QED) is 0.791. The van der Waals surface area contributed by atoms with Gasteiger partial charge in [0.05, 0.1) is 30.1 Å². The number of hydrogen-bond acceptors (Lipinski definition) is 5. The van der Waals surface area contributed by atoms with E-state index in [9.17, 15) is 0 Å². The molecular weight excluding hydrogens is 314 g/mol. The maximum absolute atomic E-state index is 5.84. The van der Waals surface area contributed by atoms with Gasteiger partial charge in [-0.1, -0.05) is 17.7 Å². The van der Waals surface area contributed by atoms with Gasteiger partial charge in [-0.15, -0.1) is 5.10 Å². The Labute approximate surface area is 147 Å². The highest BCUT2D eigenvalue weighted by Crippen LogP contribution is 2.29. The van der Waals surface area contributed by atoms with E-state index < -0.39 is 0 Å². The SMILES string of the molecule is CNCC1CN(c2nn(-c3ccc(C)cc3)c3cnccc23)CCO1. The molecule has 1 aliphatic heterocycles. The summed E-state index contributed by atoms with van der Waals surface area (Å²) in [6.07, 6.45) is 3.90. The summed E-state index contributed by atoms with van der Waals surface area (Å²) >= 11 is 0. The highest BCUT2D eigenvalue weighted by molar-refractivity contribution is 5.91. The number of nitrogens with zero attached hydrogens (tertiary/aromatic N) is 4. The largest absolute Gasteiger partial charge is 0.373 e. The van der Waals surface area contributed by atoms with Crippen molar-refractivity contribution in [3.05, 3.63) is 48.3 Å². The van der Waals surface area contributed by atoms with Crippen LogP contribution in [0.25, 0.3) is 16.6 Å². The van der Waals surface area contributed by atoms with Crippen LogP contribution in [0.2, 0.25) is 0 Å². The Morgan fingerprint density at radius 2 is 2.08 bits per heavy atom. The van der Waals surface area contributed by atoms with E-state index in [-0.39, 0.29) is 6.10 Å². The third-order valence-electron chi connectivity index (χ3n) is 4.61. The third kappa shape index (κ3) is 3.10. The normalized spacial score (nSPS) is 18.0. The summed E-state index contributed by atoms with van der Waals surface area (Å²) in [5.41, 5.74) is 3.31. The van der Waals surface area contributed by atoms with Crippen molar-refractivity contribution in [2.24, 2.45) is 0 Å². The second-order valence-electron chi connectivity index (χ2n) is 6.46.